The van der Waals surface area contributed by atoms with Gasteiger partial charge in [0.25, 0.3) is 5.22 Å². The Morgan fingerprint density at radius 1 is 1.53 bits per heavy atom. The van der Waals surface area contributed by atoms with Crippen LogP contribution in [0.2, 0.25) is 0 Å². The summed E-state index contributed by atoms with van der Waals surface area (Å²) in [5.74, 6) is 5.51. The fourth-order valence-electron chi connectivity index (χ4n) is 1.07. The SMILES string of the molecule is NNc1ccc([N+](=O)[O-])c(Sc2ncco2)n1. The van der Waals surface area contributed by atoms with Gasteiger partial charge >= 0.3 is 5.69 Å². The number of rotatable bonds is 4. The van der Waals surface area contributed by atoms with Crippen LogP contribution in [0.1, 0.15) is 0 Å². The van der Waals surface area contributed by atoms with Gasteiger partial charge < -0.3 is 9.84 Å². The van der Waals surface area contributed by atoms with Crippen LogP contribution in [0.4, 0.5) is 11.5 Å². The average molecular weight is 253 g/mol. The number of aromatic nitrogens is 2. The minimum atomic E-state index is -0.529. The third kappa shape index (κ3) is 2.52. The maximum absolute atomic E-state index is 10.8. The molecular weight excluding hydrogens is 246 g/mol. The molecule has 0 fully saturated rings. The van der Waals surface area contributed by atoms with Crippen LogP contribution < -0.4 is 11.3 Å². The van der Waals surface area contributed by atoms with Crippen molar-refractivity contribution in [1.29, 1.82) is 0 Å². The van der Waals surface area contributed by atoms with Gasteiger partial charge in [-0.15, -0.1) is 0 Å². The Bertz CT molecular complexity index is 530. The van der Waals surface area contributed by atoms with Gasteiger partial charge in [0.15, 0.2) is 5.03 Å². The van der Waals surface area contributed by atoms with Crippen molar-refractivity contribution in [2.24, 2.45) is 5.84 Å². The van der Waals surface area contributed by atoms with E-state index >= 15 is 0 Å². The van der Waals surface area contributed by atoms with Gasteiger partial charge in [-0.2, -0.15) is 0 Å². The van der Waals surface area contributed by atoms with E-state index < -0.39 is 4.92 Å². The Kier molecular flexibility index (Phi) is 3.21. The maximum Gasteiger partial charge on any atom is 0.302 e. The summed E-state index contributed by atoms with van der Waals surface area (Å²) < 4.78 is 4.98. The highest BCUT2D eigenvalue weighted by molar-refractivity contribution is 7.99. The van der Waals surface area contributed by atoms with E-state index in [1.54, 1.807) is 0 Å². The molecule has 0 saturated carbocycles. The number of hydrazine groups is 1. The molecule has 0 aliphatic rings. The van der Waals surface area contributed by atoms with Gasteiger partial charge in [0, 0.05) is 6.07 Å². The summed E-state index contributed by atoms with van der Waals surface area (Å²) in [7, 11) is 0. The van der Waals surface area contributed by atoms with Gasteiger partial charge in [0.05, 0.1) is 11.1 Å². The summed E-state index contributed by atoms with van der Waals surface area (Å²) in [4.78, 5) is 18.1. The molecule has 0 radical (unpaired) electrons. The molecule has 9 heteroatoms. The van der Waals surface area contributed by atoms with Crippen LogP contribution >= 0.6 is 11.8 Å². The zero-order valence-corrected chi connectivity index (χ0v) is 9.18. The molecule has 0 amide bonds. The molecule has 2 aromatic heterocycles. The molecule has 0 aliphatic heterocycles. The lowest BCUT2D eigenvalue weighted by atomic mass is 10.4. The first-order chi connectivity index (χ1) is 8.20. The molecule has 17 heavy (non-hydrogen) atoms. The molecule has 8 nitrogen and oxygen atoms in total. The van der Waals surface area contributed by atoms with Crippen LogP contribution in [0.15, 0.2) is 39.3 Å². The maximum atomic E-state index is 10.8. The first kappa shape index (κ1) is 11.4. The summed E-state index contributed by atoms with van der Waals surface area (Å²) in [5, 5.41) is 11.2. The first-order valence-electron chi connectivity index (χ1n) is 4.40. The number of nitrogen functional groups attached to an aromatic ring is 1. The molecule has 2 rings (SSSR count). The van der Waals surface area contributed by atoms with Gasteiger partial charge in [-0.1, -0.05) is 0 Å². The van der Waals surface area contributed by atoms with E-state index in [0.29, 0.717) is 5.82 Å². The van der Waals surface area contributed by atoms with Crippen molar-refractivity contribution < 1.29 is 9.34 Å². The fraction of sp³-hybridized carbons (Fsp3) is 0. The molecule has 2 aromatic rings. The molecule has 0 aromatic carbocycles. The number of oxazole rings is 1. The van der Waals surface area contributed by atoms with Crippen molar-refractivity contribution in [3.05, 3.63) is 34.7 Å². The van der Waals surface area contributed by atoms with Gasteiger partial charge in [-0.3, -0.25) is 10.1 Å². The highest BCUT2D eigenvalue weighted by Gasteiger charge is 2.18. The Morgan fingerprint density at radius 3 is 2.94 bits per heavy atom. The fourth-order valence-corrected chi connectivity index (χ4v) is 1.84. The second-order valence-electron chi connectivity index (χ2n) is 2.82. The number of anilines is 1. The standard InChI is InChI=1S/C8H7N5O3S/c9-12-6-2-1-5(13(14)15)7(11-6)17-8-10-3-4-16-8/h1-4H,9H2,(H,11,12). The van der Waals surface area contributed by atoms with Crippen LogP contribution in [0.5, 0.6) is 0 Å². The smallest absolute Gasteiger partial charge is 0.302 e. The van der Waals surface area contributed by atoms with E-state index in [0.717, 1.165) is 11.8 Å². The number of pyridine rings is 1. The van der Waals surface area contributed by atoms with E-state index in [-0.39, 0.29) is 15.9 Å². The number of nitrogens with two attached hydrogens (primary N) is 1. The highest BCUT2D eigenvalue weighted by atomic mass is 32.2. The van der Waals surface area contributed by atoms with Crippen LogP contribution in [-0.2, 0) is 0 Å². The summed E-state index contributed by atoms with van der Waals surface area (Å²) >= 11 is 0.953. The molecule has 0 saturated heterocycles. The van der Waals surface area contributed by atoms with Gasteiger partial charge in [0.2, 0.25) is 0 Å². The van der Waals surface area contributed by atoms with Crippen molar-refractivity contribution in [3.63, 3.8) is 0 Å². The monoisotopic (exact) mass is 253 g/mol. The van der Waals surface area contributed by atoms with Crippen molar-refractivity contribution in [2.75, 3.05) is 5.43 Å². The summed E-state index contributed by atoms with van der Waals surface area (Å²) in [6.07, 6.45) is 2.82. The lowest BCUT2D eigenvalue weighted by molar-refractivity contribution is -0.388. The van der Waals surface area contributed by atoms with Crippen LogP contribution in [0, 0.1) is 10.1 Å². The number of hydrogen-bond acceptors (Lipinski definition) is 8. The van der Waals surface area contributed by atoms with Crippen LogP contribution in [0.25, 0.3) is 0 Å². The number of hydrogen-bond donors (Lipinski definition) is 2. The Morgan fingerprint density at radius 2 is 2.35 bits per heavy atom. The third-order valence-corrected chi connectivity index (χ3v) is 2.65. The van der Waals surface area contributed by atoms with Gasteiger partial charge in [0.1, 0.15) is 12.1 Å². The predicted octanol–water partition coefficient (Wildman–Crippen LogP) is 1.41. The molecule has 88 valence electrons. The highest BCUT2D eigenvalue weighted by Crippen LogP contribution is 2.32. The summed E-state index contributed by atoms with van der Waals surface area (Å²) in [6, 6.07) is 2.73. The summed E-state index contributed by atoms with van der Waals surface area (Å²) in [5.41, 5.74) is 2.18. The number of nitrogens with one attached hydrogen (secondary N) is 1. The van der Waals surface area contributed by atoms with Crippen molar-refractivity contribution in [2.45, 2.75) is 10.2 Å². The lowest BCUT2D eigenvalue weighted by Crippen LogP contribution is -2.09. The molecule has 2 heterocycles. The van der Waals surface area contributed by atoms with Crippen molar-refractivity contribution >= 4 is 23.3 Å². The van der Waals surface area contributed by atoms with E-state index in [4.69, 9.17) is 10.3 Å². The Balaban J connectivity index is 2.38. The number of nitrogens with zero attached hydrogens (tertiary/aromatic N) is 3. The van der Waals surface area contributed by atoms with Crippen LogP contribution in [0.3, 0.4) is 0 Å². The normalized spacial score (nSPS) is 10.2. The third-order valence-electron chi connectivity index (χ3n) is 1.78. The zero-order valence-electron chi connectivity index (χ0n) is 8.36. The molecular formula is C8H7N5O3S. The molecule has 0 atom stereocenters. The van der Waals surface area contributed by atoms with Gasteiger partial charge in [-0.25, -0.2) is 15.8 Å². The van der Waals surface area contributed by atoms with Crippen molar-refractivity contribution in [1.82, 2.24) is 9.97 Å². The second kappa shape index (κ2) is 4.80. The van der Waals surface area contributed by atoms with E-state index in [1.807, 2.05) is 0 Å². The molecule has 0 bridgehead atoms. The quantitative estimate of drug-likeness (QED) is 0.476. The summed E-state index contributed by atoms with van der Waals surface area (Å²) in [6.45, 7) is 0. The predicted molar refractivity (Wildman–Crippen MR) is 59.3 cm³/mol. The van der Waals surface area contributed by atoms with Gasteiger partial charge in [-0.05, 0) is 17.8 Å². The Labute approximate surface area is 99.4 Å². The number of nitro groups is 1. The molecule has 0 spiro atoms. The average Bonchev–Trinajstić information content (AvgIpc) is 2.81. The van der Waals surface area contributed by atoms with Crippen LogP contribution in [-0.4, -0.2) is 14.9 Å². The van der Waals surface area contributed by atoms with E-state index in [1.165, 1.54) is 24.6 Å². The van der Waals surface area contributed by atoms with E-state index in [9.17, 15) is 10.1 Å². The zero-order chi connectivity index (χ0) is 12.3. The van der Waals surface area contributed by atoms with E-state index in [2.05, 4.69) is 15.4 Å². The minimum absolute atomic E-state index is 0.132. The Hall–Kier alpha value is -2.13. The molecule has 0 aliphatic carbocycles. The van der Waals surface area contributed by atoms with Crippen molar-refractivity contribution in [3.8, 4) is 0 Å². The minimum Gasteiger partial charge on any atom is -0.440 e. The molecule has 0 unspecified atom stereocenters. The topological polar surface area (TPSA) is 120 Å². The first-order valence-corrected chi connectivity index (χ1v) is 5.22. The molecule has 3 N–H and O–H groups in total. The lowest BCUT2D eigenvalue weighted by Gasteiger charge is -2.02. The largest absolute Gasteiger partial charge is 0.440 e. The second-order valence-corrected chi connectivity index (χ2v) is 3.76.